The van der Waals surface area contributed by atoms with E-state index in [0.717, 1.165) is 19.5 Å². The predicted molar refractivity (Wildman–Crippen MR) is 66.9 cm³/mol. The third-order valence-electron chi connectivity index (χ3n) is 4.66. The van der Waals surface area contributed by atoms with Gasteiger partial charge in [0.1, 0.15) is 0 Å². The van der Waals surface area contributed by atoms with Crippen LogP contribution >= 0.6 is 0 Å². The van der Waals surface area contributed by atoms with Crippen LogP contribution in [-0.4, -0.2) is 66.0 Å². The Hall–Kier alpha value is -0.330. The summed E-state index contributed by atoms with van der Waals surface area (Å²) in [5.74, 6) is 0. The summed E-state index contributed by atoms with van der Waals surface area (Å²) in [6.45, 7) is 2.64. The van der Waals surface area contributed by atoms with Crippen molar-refractivity contribution in [3.8, 4) is 0 Å². The van der Waals surface area contributed by atoms with Crippen molar-refractivity contribution < 1.29 is 18.3 Å². The highest BCUT2D eigenvalue weighted by atomic mass is 19.4. The molecule has 0 bridgehead atoms. The minimum Gasteiger partial charge on any atom is -0.380 e. The maximum Gasteiger partial charge on any atom is 0.417 e. The number of aliphatic hydroxyl groups is 1. The van der Waals surface area contributed by atoms with Gasteiger partial charge in [0.15, 0.2) is 5.60 Å². The van der Waals surface area contributed by atoms with Crippen molar-refractivity contribution in [3.05, 3.63) is 0 Å². The number of likely N-dealkylation sites (tertiary alicyclic amines) is 2. The molecule has 2 aliphatic heterocycles. The highest BCUT2D eigenvalue weighted by Gasteiger charge is 2.54. The van der Waals surface area contributed by atoms with E-state index < -0.39 is 11.8 Å². The van der Waals surface area contributed by atoms with Gasteiger partial charge in [0.2, 0.25) is 0 Å². The maximum atomic E-state index is 12.7. The summed E-state index contributed by atoms with van der Waals surface area (Å²) in [5, 5.41) is 9.59. The summed E-state index contributed by atoms with van der Waals surface area (Å²) < 4.78 is 38.0. The van der Waals surface area contributed by atoms with E-state index in [1.807, 2.05) is 4.90 Å². The summed E-state index contributed by atoms with van der Waals surface area (Å²) in [6.07, 6.45) is -1.47. The molecule has 0 spiro atoms. The number of hydrogen-bond donors (Lipinski definition) is 1. The molecule has 6 heteroatoms. The van der Waals surface area contributed by atoms with Gasteiger partial charge in [0.05, 0.1) is 0 Å². The smallest absolute Gasteiger partial charge is 0.380 e. The number of hydrogen-bond acceptors (Lipinski definition) is 3. The predicted octanol–water partition coefficient (Wildman–Crippen LogP) is 1.86. The Morgan fingerprint density at radius 3 is 2.32 bits per heavy atom. The molecule has 3 nitrogen and oxygen atoms in total. The van der Waals surface area contributed by atoms with Crippen LogP contribution in [0.5, 0.6) is 0 Å². The van der Waals surface area contributed by atoms with Gasteiger partial charge in [-0.05, 0) is 52.2 Å². The molecule has 2 aliphatic rings. The Labute approximate surface area is 112 Å². The second-order valence-corrected chi connectivity index (χ2v) is 5.94. The second kappa shape index (κ2) is 5.58. The Kier molecular flexibility index (Phi) is 4.42. The molecule has 1 unspecified atom stereocenters. The van der Waals surface area contributed by atoms with Gasteiger partial charge in [-0.2, -0.15) is 13.2 Å². The number of rotatable bonds is 3. The van der Waals surface area contributed by atoms with Crippen molar-refractivity contribution in [1.82, 2.24) is 9.80 Å². The van der Waals surface area contributed by atoms with E-state index in [1.165, 1.54) is 12.8 Å². The summed E-state index contributed by atoms with van der Waals surface area (Å²) in [6, 6.07) is 0.573. The first-order valence-electron chi connectivity index (χ1n) is 7.03. The summed E-state index contributed by atoms with van der Waals surface area (Å²) in [5.41, 5.74) is -2.46. The van der Waals surface area contributed by atoms with Crippen molar-refractivity contribution in [2.75, 3.05) is 33.2 Å². The van der Waals surface area contributed by atoms with Gasteiger partial charge in [0, 0.05) is 19.1 Å². The van der Waals surface area contributed by atoms with Crippen molar-refractivity contribution in [1.29, 1.82) is 0 Å². The lowest BCUT2D eigenvalue weighted by Crippen LogP contribution is -2.53. The molecule has 2 rings (SSSR count). The lowest BCUT2D eigenvalue weighted by molar-refractivity contribution is -0.272. The molecule has 2 fully saturated rings. The van der Waals surface area contributed by atoms with Crippen molar-refractivity contribution in [2.45, 2.75) is 49.9 Å². The minimum absolute atomic E-state index is 0.197. The van der Waals surface area contributed by atoms with E-state index >= 15 is 0 Å². The standard InChI is InChI=1S/C13H23F3N2O/c1-17-7-2-3-11(17)4-8-18-9-5-12(19,6-10-18)13(14,15)16/h11,19H,2-10H2,1H3. The zero-order valence-corrected chi connectivity index (χ0v) is 11.4. The number of alkyl halides is 3. The normalized spacial score (nSPS) is 29.8. The molecule has 0 aromatic carbocycles. The van der Waals surface area contributed by atoms with Gasteiger partial charge in [-0.1, -0.05) is 0 Å². The van der Waals surface area contributed by atoms with E-state index in [1.54, 1.807) is 0 Å². The first-order valence-corrected chi connectivity index (χ1v) is 7.03. The van der Waals surface area contributed by atoms with Crippen molar-refractivity contribution >= 4 is 0 Å². The first-order chi connectivity index (χ1) is 8.82. The van der Waals surface area contributed by atoms with Crippen LogP contribution in [0.3, 0.4) is 0 Å². The zero-order chi connectivity index (χ0) is 14.1. The Balaban J connectivity index is 1.75. The van der Waals surface area contributed by atoms with E-state index in [-0.39, 0.29) is 12.8 Å². The van der Waals surface area contributed by atoms with Crippen LogP contribution in [0.2, 0.25) is 0 Å². The van der Waals surface area contributed by atoms with Gasteiger partial charge in [0.25, 0.3) is 0 Å². The molecule has 2 heterocycles. The van der Waals surface area contributed by atoms with E-state index in [4.69, 9.17) is 0 Å². The molecule has 1 N–H and O–H groups in total. The largest absolute Gasteiger partial charge is 0.417 e. The van der Waals surface area contributed by atoms with Crippen LogP contribution in [0.25, 0.3) is 0 Å². The molecular weight excluding hydrogens is 257 g/mol. The first kappa shape index (κ1) is 15.1. The average Bonchev–Trinajstić information content (AvgIpc) is 2.73. The van der Waals surface area contributed by atoms with Crippen LogP contribution in [-0.2, 0) is 0 Å². The van der Waals surface area contributed by atoms with Gasteiger partial charge in [-0.3, -0.25) is 0 Å². The molecule has 0 aliphatic carbocycles. The summed E-state index contributed by atoms with van der Waals surface area (Å²) in [4.78, 5) is 4.38. The SMILES string of the molecule is CN1CCCC1CCN1CCC(O)(C(F)(F)F)CC1. The highest BCUT2D eigenvalue weighted by molar-refractivity contribution is 4.92. The van der Waals surface area contributed by atoms with Gasteiger partial charge in [-0.25, -0.2) is 0 Å². The molecule has 19 heavy (non-hydrogen) atoms. The summed E-state index contributed by atoms with van der Waals surface area (Å²) in [7, 11) is 2.11. The van der Waals surface area contributed by atoms with E-state index in [9.17, 15) is 18.3 Å². The van der Waals surface area contributed by atoms with Crippen LogP contribution in [0.1, 0.15) is 32.1 Å². The minimum atomic E-state index is -4.50. The van der Waals surface area contributed by atoms with Crippen LogP contribution in [0.4, 0.5) is 13.2 Å². The molecule has 1 atom stereocenters. The van der Waals surface area contributed by atoms with Crippen LogP contribution in [0, 0.1) is 0 Å². The lowest BCUT2D eigenvalue weighted by Gasteiger charge is -2.39. The molecule has 0 saturated carbocycles. The number of halogens is 3. The Bertz CT molecular complexity index is 298. The fraction of sp³-hybridized carbons (Fsp3) is 1.00. The van der Waals surface area contributed by atoms with E-state index in [0.29, 0.717) is 19.1 Å². The highest BCUT2D eigenvalue weighted by Crippen LogP contribution is 2.38. The quantitative estimate of drug-likeness (QED) is 0.855. The topological polar surface area (TPSA) is 26.7 Å². The molecule has 112 valence electrons. The summed E-state index contributed by atoms with van der Waals surface area (Å²) >= 11 is 0. The fourth-order valence-corrected chi connectivity index (χ4v) is 3.11. The Morgan fingerprint density at radius 2 is 1.84 bits per heavy atom. The fourth-order valence-electron chi connectivity index (χ4n) is 3.11. The molecule has 0 aromatic heterocycles. The van der Waals surface area contributed by atoms with Crippen LogP contribution in [0.15, 0.2) is 0 Å². The molecule has 0 radical (unpaired) electrons. The van der Waals surface area contributed by atoms with Crippen molar-refractivity contribution in [2.24, 2.45) is 0 Å². The third-order valence-corrected chi connectivity index (χ3v) is 4.66. The number of nitrogens with zero attached hydrogens (tertiary/aromatic N) is 2. The second-order valence-electron chi connectivity index (χ2n) is 5.94. The maximum absolute atomic E-state index is 12.7. The van der Waals surface area contributed by atoms with E-state index in [2.05, 4.69) is 11.9 Å². The van der Waals surface area contributed by atoms with Crippen LogP contribution < -0.4 is 0 Å². The third kappa shape index (κ3) is 3.41. The molecule has 0 amide bonds. The number of piperidine rings is 1. The Morgan fingerprint density at radius 1 is 1.21 bits per heavy atom. The van der Waals surface area contributed by atoms with Gasteiger partial charge >= 0.3 is 6.18 Å². The average molecular weight is 280 g/mol. The molecule has 0 aromatic rings. The monoisotopic (exact) mass is 280 g/mol. The zero-order valence-electron chi connectivity index (χ0n) is 11.4. The van der Waals surface area contributed by atoms with Crippen molar-refractivity contribution in [3.63, 3.8) is 0 Å². The molecular formula is C13H23F3N2O. The van der Waals surface area contributed by atoms with Gasteiger partial charge < -0.3 is 14.9 Å². The lowest BCUT2D eigenvalue weighted by atomic mass is 9.90. The molecule has 2 saturated heterocycles. The van der Waals surface area contributed by atoms with Gasteiger partial charge in [-0.15, -0.1) is 0 Å².